The molecule has 0 atom stereocenters. The van der Waals surface area contributed by atoms with Crippen LogP contribution in [-0.2, 0) is 9.53 Å². The van der Waals surface area contributed by atoms with Crippen molar-refractivity contribution in [2.45, 2.75) is 12.8 Å². The topological polar surface area (TPSA) is 102 Å². The third-order valence-electron chi connectivity index (χ3n) is 4.34. The van der Waals surface area contributed by atoms with Crippen molar-refractivity contribution in [3.63, 3.8) is 0 Å². The lowest BCUT2D eigenvalue weighted by molar-refractivity contribution is -0.384. The first kappa shape index (κ1) is 19.6. The third-order valence-corrected chi connectivity index (χ3v) is 4.67. The lowest BCUT2D eigenvalue weighted by Crippen LogP contribution is -2.24. The number of hydrogen-bond donors (Lipinski definition) is 1. The number of amides is 1. The summed E-state index contributed by atoms with van der Waals surface area (Å²) in [6.45, 7) is 0.975. The Balaban J connectivity index is 1.72. The average molecular weight is 404 g/mol. The minimum absolute atomic E-state index is 0.0710. The molecule has 146 valence electrons. The lowest BCUT2D eigenvalue weighted by Gasteiger charge is -2.20. The second kappa shape index (κ2) is 8.71. The molecule has 1 fully saturated rings. The number of halogens is 1. The highest BCUT2D eigenvalue weighted by molar-refractivity contribution is 6.33. The molecule has 0 unspecified atom stereocenters. The van der Waals surface area contributed by atoms with Crippen LogP contribution in [0.3, 0.4) is 0 Å². The molecule has 3 rings (SSSR count). The summed E-state index contributed by atoms with van der Waals surface area (Å²) in [6, 6.07) is 10.8. The number of carbonyl (C=O) groups is 2. The molecule has 2 aromatic rings. The van der Waals surface area contributed by atoms with Crippen LogP contribution in [0, 0.1) is 10.1 Å². The maximum atomic E-state index is 12.5. The molecule has 1 N–H and O–H groups in total. The van der Waals surface area contributed by atoms with Crippen LogP contribution < -0.4 is 10.2 Å². The standard InChI is InChI=1S/C19H18ClN3O5/c20-15-5-1-2-6-16(15)21-18(24)12-28-19(25)14-11-13(23(26)27)7-8-17(14)22-9-3-4-10-22/h1-2,5-8,11H,3-4,9-10,12H2,(H,21,24). The van der Waals surface area contributed by atoms with E-state index in [0.717, 1.165) is 25.9 Å². The maximum Gasteiger partial charge on any atom is 0.341 e. The van der Waals surface area contributed by atoms with E-state index in [1.807, 2.05) is 4.90 Å². The molecule has 1 aliphatic heterocycles. The zero-order valence-corrected chi connectivity index (χ0v) is 15.6. The number of carbonyl (C=O) groups excluding carboxylic acids is 2. The highest BCUT2D eigenvalue weighted by Gasteiger charge is 2.24. The monoisotopic (exact) mass is 403 g/mol. The Morgan fingerprint density at radius 3 is 2.57 bits per heavy atom. The number of esters is 1. The summed E-state index contributed by atoms with van der Waals surface area (Å²) in [6.07, 6.45) is 1.96. The quantitative estimate of drug-likeness (QED) is 0.448. The van der Waals surface area contributed by atoms with Gasteiger partial charge in [-0.2, -0.15) is 0 Å². The minimum atomic E-state index is -0.792. The van der Waals surface area contributed by atoms with Gasteiger partial charge in [0.1, 0.15) is 0 Å². The number of nitro groups is 1. The van der Waals surface area contributed by atoms with E-state index in [1.165, 1.54) is 12.1 Å². The molecule has 0 aliphatic carbocycles. The van der Waals surface area contributed by atoms with Gasteiger partial charge in [-0.05, 0) is 31.0 Å². The van der Waals surface area contributed by atoms with Crippen LogP contribution in [0.2, 0.25) is 5.02 Å². The number of ether oxygens (including phenoxy) is 1. The van der Waals surface area contributed by atoms with Crippen LogP contribution in [0.1, 0.15) is 23.2 Å². The lowest BCUT2D eigenvalue weighted by atomic mass is 10.1. The van der Waals surface area contributed by atoms with Gasteiger partial charge < -0.3 is 15.0 Å². The van der Waals surface area contributed by atoms with Crippen molar-refractivity contribution in [3.8, 4) is 0 Å². The fourth-order valence-electron chi connectivity index (χ4n) is 2.99. The summed E-state index contributed by atoms with van der Waals surface area (Å²) < 4.78 is 5.09. The van der Waals surface area contributed by atoms with Crippen molar-refractivity contribution >= 4 is 40.5 Å². The summed E-state index contributed by atoms with van der Waals surface area (Å²) in [4.78, 5) is 37.1. The molecule has 8 nitrogen and oxygen atoms in total. The van der Waals surface area contributed by atoms with E-state index < -0.39 is 23.4 Å². The van der Waals surface area contributed by atoms with Gasteiger partial charge in [-0.1, -0.05) is 23.7 Å². The zero-order chi connectivity index (χ0) is 20.1. The number of nitrogens with one attached hydrogen (secondary N) is 1. The summed E-state index contributed by atoms with van der Waals surface area (Å²) in [5.74, 6) is -1.35. The van der Waals surface area contributed by atoms with Gasteiger partial charge in [-0.15, -0.1) is 0 Å². The predicted molar refractivity (Wildman–Crippen MR) is 105 cm³/mol. The number of hydrogen-bond acceptors (Lipinski definition) is 6. The van der Waals surface area contributed by atoms with E-state index in [4.69, 9.17) is 16.3 Å². The van der Waals surface area contributed by atoms with Crippen molar-refractivity contribution in [2.24, 2.45) is 0 Å². The fourth-order valence-corrected chi connectivity index (χ4v) is 3.18. The van der Waals surface area contributed by atoms with Crippen LogP contribution in [0.5, 0.6) is 0 Å². The first-order chi connectivity index (χ1) is 13.5. The van der Waals surface area contributed by atoms with Crippen molar-refractivity contribution < 1.29 is 19.2 Å². The van der Waals surface area contributed by atoms with Crippen LogP contribution in [0.15, 0.2) is 42.5 Å². The van der Waals surface area contributed by atoms with Crippen molar-refractivity contribution in [1.29, 1.82) is 0 Å². The Labute approximate surface area is 166 Å². The first-order valence-corrected chi connectivity index (χ1v) is 9.08. The minimum Gasteiger partial charge on any atom is -0.452 e. The molecular weight excluding hydrogens is 386 g/mol. The molecule has 0 aromatic heterocycles. The van der Waals surface area contributed by atoms with E-state index in [1.54, 1.807) is 30.3 Å². The molecule has 0 spiro atoms. The van der Waals surface area contributed by atoms with Gasteiger partial charge in [-0.25, -0.2) is 4.79 Å². The van der Waals surface area contributed by atoms with Crippen molar-refractivity contribution in [1.82, 2.24) is 0 Å². The SMILES string of the molecule is O=C(COC(=O)c1cc([N+](=O)[O-])ccc1N1CCCC1)Nc1ccccc1Cl. The van der Waals surface area contributed by atoms with Gasteiger partial charge in [-0.3, -0.25) is 14.9 Å². The van der Waals surface area contributed by atoms with Crippen molar-refractivity contribution in [2.75, 3.05) is 29.9 Å². The highest BCUT2D eigenvalue weighted by atomic mass is 35.5. The molecule has 2 aromatic carbocycles. The Morgan fingerprint density at radius 2 is 1.89 bits per heavy atom. The summed E-state index contributed by atoms with van der Waals surface area (Å²) >= 11 is 5.98. The van der Waals surface area contributed by atoms with E-state index in [9.17, 15) is 19.7 Å². The van der Waals surface area contributed by atoms with Gasteiger partial charge in [0.05, 0.1) is 26.9 Å². The number of anilines is 2. The maximum absolute atomic E-state index is 12.5. The Kier molecular flexibility index (Phi) is 6.10. The van der Waals surface area contributed by atoms with Gasteiger partial charge in [0.15, 0.2) is 6.61 Å². The second-order valence-electron chi connectivity index (χ2n) is 6.26. The van der Waals surface area contributed by atoms with Crippen molar-refractivity contribution in [3.05, 3.63) is 63.2 Å². The molecule has 0 radical (unpaired) electrons. The van der Waals surface area contributed by atoms with Gasteiger partial charge in [0.25, 0.3) is 11.6 Å². The second-order valence-corrected chi connectivity index (χ2v) is 6.66. The van der Waals surface area contributed by atoms with E-state index in [2.05, 4.69) is 5.32 Å². The smallest absolute Gasteiger partial charge is 0.341 e. The fraction of sp³-hybridized carbons (Fsp3) is 0.263. The molecule has 0 saturated carbocycles. The van der Waals surface area contributed by atoms with Crippen LogP contribution in [-0.4, -0.2) is 36.5 Å². The zero-order valence-electron chi connectivity index (χ0n) is 14.9. The highest BCUT2D eigenvalue weighted by Crippen LogP contribution is 2.29. The van der Waals surface area contributed by atoms with E-state index in [0.29, 0.717) is 16.4 Å². The van der Waals surface area contributed by atoms with Gasteiger partial charge >= 0.3 is 5.97 Å². The molecule has 28 heavy (non-hydrogen) atoms. The van der Waals surface area contributed by atoms with E-state index >= 15 is 0 Å². The summed E-state index contributed by atoms with van der Waals surface area (Å²) in [7, 11) is 0. The van der Waals surface area contributed by atoms with Gasteiger partial charge in [0, 0.05) is 25.2 Å². The van der Waals surface area contributed by atoms with Crippen LogP contribution in [0.4, 0.5) is 17.1 Å². The molecule has 1 saturated heterocycles. The Hall–Kier alpha value is -3.13. The third kappa shape index (κ3) is 4.58. The molecule has 0 bridgehead atoms. The summed E-state index contributed by atoms with van der Waals surface area (Å²) in [5, 5.41) is 14.0. The summed E-state index contributed by atoms with van der Waals surface area (Å²) in [5.41, 5.74) is 0.829. The van der Waals surface area contributed by atoms with Crippen LogP contribution >= 0.6 is 11.6 Å². The number of para-hydroxylation sites is 1. The average Bonchev–Trinajstić information content (AvgIpc) is 3.22. The largest absolute Gasteiger partial charge is 0.452 e. The first-order valence-electron chi connectivity index (χ1n) is 8.70. The predicted octanol–water partition coefficient (Wildman–Crippen LogP) is 3.64. The molecular formula is C19H18ClN3O5. The Morgan fingerprint density at radius 1 is 1.18 bits per heavy atom. The number of non-ortho nitro benzene ring substituents is 1. The number of nitrogens with zero attached hydrogens (tertiary/aromatic N) is 2. The van der Waals surface area contributed by atoms with E-state index in [-0.39, 0.29) is 11.3 Å². The number of nitro benzene ring substituents is 1. The molecule has 1 aliphatic rings. The Bertz CT molecular complexity index is 912. The van der Waals surface area contributed by atoms with Crippen LogP contribution in [0.25, 0.3) is 0 Å². The van der Waals surface area contributed by atoms with Gasteiger partial charge in [0.2, 0.25) is 0 Å². The number of benzene rings is 2. The number of rotatable bonds is 6. The normalized spacial score (nSPS) is 13.2. The molecule has 1 heterocycles. The molecule has 9 heteroatoms. The molecule has 1 amide bonds.